The first-order valence-electron chi connectivity index (χ1n) is 4.27. The molecule has 1 N–H and O–H groups in total. The van der Waals surface area contributed by atoms with Crippen molar-refractivity contribution in [3.63, 3.8) is 0 Å². The van der Waals surface area contributed by atoms with E-state index in [1.165, 1.54) is 0 Å². The van der Waals surface area contributed by atoms with E-state index in [0.29, 0.717) is 5.92 Å². The molecule has 0 aromatic rings. The van der Waals surface area contributed by atoms with Crippen LogP contribution in [0.25, 0.3) is 0 Å². The van der Waals surface area contributed by atoms with E-state index in [-0.39, 0.29) is 5.25 Å². The normalized spacial score (nSPS) is 17.3. The largest absolute Gasteiger partial charge is 0.240 e. The minimum absolute atomic E-state index is 0.0961. The van der Waals surface area contributed by atoms with E-state index >= 15 is 0 Å². The van der Waals surface area contributed by atoms with Gasteiger partial charge in [0.15, 0.2) is 0 Å². The van der Waals surface area contributed by atoms with Crippen molar-refractivity contribution in [1.82, 2.24) is 4.31 Å². The first kappa shape index (κ1) is 11.9. The van der Waals surface area contributed by atoms with Crippen LogP contribution in [-0.4, -0.2) is 27.4 Å². The fraction of sp³-hybridized carbons (Fsp3) is 1.00. The first-order chi connectivity index (χ1) is 5.28. The maximum atomic E-state index is 11.7. The van der Waals surface area contributed by atoms with Crippen molar-refractivity contribution in [3.05, 3.63) is 0 Å². The van der Waals surface area contributed by atoms with Crippen LogP contribution in [0.2, 0.25) is 0 Å². The van der Waals surface area contributed by atoms with Crippen LogP contribution in [0, 0.1) is 10.7 Å². The standard InChI is InChI=1S/C8H20N2OS/c1-7(2)6-10(5)12(9,11)8(3)4/h7-9H,6H2,1-5H3/t12-/m1/s1. The Hall–Kier alpha value is -0.0900. The van der Waals surface area contributed by atoms with E-state index in [1.54, 1.807) is 11.4 Å². The second kappa shape index (κ2) is 4.23. The van der Waals surface area contributed by atoms with Crippen molar-refractivity contribution in [2.45, 2.75) is 32.9 Å². The van der Waals surface area contributed by atoms with Crippen LogP contribution in [0.5, 0.6) is 0 Å². The van der Waals surface area contributed by atoms with Crippen LogP contribution in [0.4, 0.5) is 0 Å². The molecule has 0 unspecified atom stereocenters. The summed E-state index contributed by atoms with van der Waals surface area (Å²) in [4.78, 5) is 0. The van der Waals surface area contributed by atoms with E-state index < -0.39 is 9.92 Å². The summed E-state index contributed by atoms with van der Waals surface area (Å²) in [6.07, 6.45) is 0. The Labute approximate surface area is 76.3 Å². The highest BCUT2D eigenvalue weighted by Gasteiger charge is 2.18. The van der Waals surface area contributed by atoms with Crippen LogP contribution < -0.4 is 0 Å². The summed E-state index contributed by atoms with van der Waals surface area (Å²) >= 11 is 0. The summed E-state index contributed by atoms with van der Waals surface area (Å²) in [6, 6.07) is 0. The lowest BCUT2D eigenvalue weighted by molar-refractivity contribution is 0.436. The number of hydrogen-bond acceptors (Lipinski definition) is 2. The Morgan fingerprint density at radius 2 is 1.75 bits per heavy atom. The fourth-order valence-corrected chi connectivity index (χ4v) is 2.22. The van der Waals surface area contributed by atoms with Gasteiger partial charge in [-0.25, -0.2) is 13.3 Å². The van der Waals surface area contributed by atoms with E-state index in [1.807, 2.05) is 13.8 Å². The lowest BCUT2D eigenvalue weighted by Gasteiger charge is -2.24. The third-order valence-corrected chi connectivity index (χ3v) is 4.08. The maximum absolute atomic E-state index is 11.7. The van der Waals surface area contributed by atoms with Crippen LogP contribution in [0.1, 0.15) is 27.7 Å². The molecule has 0 fully saturated rings. The van der Waals surface area contributed by atoms with Crippen LogP contribution in [0.3, 0.4) is 0 Å². The van der Waals surface area contributed by atoms with Crippen molar-refractivity contribution >= 4 is 9.92 Å². The number of hydrogen-bond donors (Lipinski definition) is 1. The molecule has 0 radical (unpaired) electrons. The third kappa shape index (κ3) is 3.11. The van der Waals surface area contributed by atoms with Gasteiger partial charge in [0, 0.05) is 13.6 Å². The molecular weight excluding hydrogens is 172 g/mol. The van der Waals surface area contributed by atoms with E-state index in [0.717, 1.165) is 6.54 Å². The van der Waals surface area contributed by atoms with Crippen molar-refractivity contribution < 1.29 is 4.21 Å². The van der Waals surface area contributed by atoms with E-state index in [2.05, 4.69) is 13.8 Å². The number of nitrogens with zero attached hydrogens (tertiary/aromatic N) is 1. The molecule has 0 aromatic carbocycles. The highest BCUT2D eigenvalue weighted by atomic mass is 32.2. The van der Waals surface area contributed by atoms with Gasteiger partial charge in [-0.3, -0.25) is 0 Å². The average Bonchev–Trinajstić information content (AvgIpc) is 1.85. The molecular formula is C8H20N2OS. The zero-order valence-electron chi connectivity index (χ0n) is 8.63. The lowest BCUT2D eigenvalue weighted by atomic mass is 10.2. The van der Waals surface area contributed by atoms with Crippen molar-refractivity contribution in [3.8, 4) is 0 Å². The Bertz CT molecular complexity index is 219. The summed E-state index contributed by atoms with van der Waals surface area (Å²) in [5, 5.41) is -0.0961. The summed E-state index contributed by atoms with van der Waals surface area (Å²) in [5.74, 6) is 0.458. The summed E-state index contributed by atoms with van der Waals surface area (Å²) in [5.41, 5.74) is 0. The minimum atomic E-state index is -2.54. The summed E-state index contributed by atoms with van der Waals surface area (Å²) < 4.78 is 21.0. The van der Waals surface area contributed by atoms with E-state index in [9.17, 15) is 4.21 Å². The van der Waals surface area contributed by atoms with Crippen molar-refractivity contribution in [1.29, 1.82) is 4.78 Å². The second-order valence-electron chi connectivity index (χ2n) is 3.82. The van der Waals surface area contributed by atoms with Gasteiger partial charge in [-0.05, 0) is 19.8 Å². The molecule has 0 rings (SSSR count). The zero-order valence-corrected chi connectivity index (χ0v) is 9.44. The quantitative estimate of drug-likeness (QED) is 0.727. The van der Waals surface area contributed by atoms with Gasteiger partial charge in [-0.2, -0.15) is 0 Å². The summed E-state index contributed by atoms with van der Waals surface area (Å²) in [6.45, 7) is 8.50. The molecule has 0 saturated heterocycles. The molecule has 0 aromatic heterocycles. The van der Waals surface area contributed by atoms with E-state index in [4.69, 9.17) is 4.78 Å². The highest BCUT2D eigenvalue weighted by molar-refractivity contribution is 7.90. The molecule has 74 valence electrons. The first-order valence-corrected chi connectivity index (χ1v) is 5.85. The van der Waals surface area contributed by atoms with Gasteiger partial charge in [0.1, 0.15) is 9.92 Å². The van der Waals surface area contributed by atoms with Crippen LogP contribution >= 0.6 is 0 Å². The molecule has 0 heterocycles. The number of rotatable bonds is 4. The molecule has 1 atom stereocenters. The molecule has 0 amide bonds. The smallest absolute Gasteiger partial charge is 0.109 e. The predicted molar refractivity (Wildman–Crippen MR) is 53.5 cm³/mol. The van der Waals surface area contributed by atoms with Gasteiger partial charge in [0.2, 0.25) is 0 Å². The molecule has 12 heavy (non-hydrogen) atoms. The van der Waals surface area contributed by atoms with Gasteiger partial charge >= 0.3 is 0 Å². The Kier molecular flexibility index (Phi) is 4.20. The monoisotopic (exact) mass is 192 g/mol. The lowest BCUT2D eigenvalue weighted by Crippen LogP contribution is -2.34. The molecule has 0 spiro atoms. The zero-order chi connectivity index (χ0) is 9.94. The predicted octanol–water partition coefficient (Wildman–Crippen LogP) is 1.94. The Morgan fingerprint density at radius 1 is 1.33 bits per heavy atom. The molecule has 3 nitrogen and oxygen atoms in total. The number of nitrogens with one attached hydrogen (secondary N) is 1. The topological polar surface area (TPSA) is 44.2 Å². The highest BCUT2D eigenvalue weighted by Crippen LogP contribution is 2.09. The SMILES string of the molecule is CC(C)CN(C)[S@@](=N)(=O)C(C)C. The Balaban J connectivity index is 4.38. The average molecular weight is 192 g/mol. The molecule has 0 aliphatic heterocycles. The molecule has 0 aliphatic carbocycles. The molecule has 0 saturated carbocycles. The minimum Gasteiger partial charge on any atom is -0.240 e. The van der Waals surface area contributed by atoms with Gasteiger partial charge in [-0.1, -0.05) is 13.8 Å². The molecule has 0 bridgehead atoms. The van der Waals surface area contributed by atoms with Crippen LogP contribution in [-0.2, 0) is 9.92 Å². The van der Waals surface area contributed by atoms with Gasteiger partial charge < -0.3 is 0 Å². The van der Waals surface area contributed by atoms with Crippen molar-refractivity contribution in [2.24, 2.45) is 5.92 Å². The van der Waals surface area contributed by atoms with Gasteiger partial charge in [0.05, 0.1) is 5.25 Å². The second-order valence-corrected chi connectivity index (χ2v) is 6.53. The fourth-order valence-electron chi connectivity index (χ4n) is 0.985. The third-order valence-electron chi connectivity index (χ3n) is 1.72. The van der Waals surface area contributed by atoms with Gasteiger partial charge in [0.25, 0.3) is 0 Å². The van der Waals surface area contributed by atoms with Crippen molar-refractivity contribution in [2.75, 3.05) is 13.6 Å². The van der Waals surface area contributed by atoms with Crippen LogP contribution in [0.15, 0.2) is 0 Å². The molecule has 4 heteroatoms. The molecule has 0 aliphatic rings. The Morgan fingerprint density at radius 3 is 2.00 bits per heavy atom. The van der Waals surface area contributed by atoms with Gasteiger partial charge in [-0.15, -0.1) is 0 Å². The maximum Gasteiger partial charge on any atom is 0.109 e. The summed E-state index contributed by atoms with van der Waals surface area (Å²) in [7, 11) is -0.779.